The first kappa shape index (κ1) is 14.7. The lowest BCUT2D eigenvalue weighted by Crippen LogP contribution is -2.23. The summed E-state index contributed by atoms with van der Waals surface area (Å²) in [6.07, 6.45) is 2.20. The van der Waals surface area contributed by atoms with Gasteiger partial charge in [-0.05, 0) is 61.3 Å². The molecule has 1 aliphatic carbocycles. The zero-order valence-corrected chi connectivity index (χ0v) is 13.4. The van der Waals surface area contributed by atoms with Crippen molar-refractivity contribution in [2.45, 2.75) is 37.8 Å². The summed E-state index contributed by atoms with van der Waals surface area (Å²) in [5, 5.41) is -0.147. The summed E-state index contributed by atoms with van der Waals surface area (Å²) in [6, 6.07) is 6.23. The van der Waals surface area contributed by atoms with Gasteiger partial charge in [-0.3, -0.25) is 0 Å². The van der Waals surface area contributed by atoms with Crippen LogP contribution in [0.5, 0.6) is 0 Å². The molecule has 1 saturated heterocycles. The molecule has 102 valence electrons. The van der Waals surface area contributed by atoms with E-state index in [1.807, 2.05) is 4.81 Å². The number of hydrogen-bond acceptors (Lipinski definition) is 2. The monoisotopic (exact) mass is 329 g/mol. The number of nitrogens with zero attached hydrogens (tertiary/aromatic N) is 1. The summed E-state index contributed by atoms with van der Waals surface area (Å²) in [6.45, 7) is 4.45. The van der Waals surface area contributed by atoms with Crippen LogP contribution < -0.4 is 0 Å². The van der Waals surface area contributed by atoms with Crippen molar-refractivity contribution in [3.8, 4) is 0 Å². The molecule has 1 aromatic carbocycles. The van der Waals surface area contributed by atoms with Crippen LogP contribution in [-0.4, -0.2) is 39.8 Å². The first-order valence-electron chi connectivity index (χ1n) is 7.12. The van der Waals surface area contributed by atoms with Crippen LogP contribution in [0.2, 0.25) is 5.31 Å². The molecular formula is C15H18B2BrNO. The fraction of sp³-hybridized carbons (Fsp3) is 0.600. The molecule has 1 aromatic rings. The Morgan fingerprint density at radius 3 is 3.05 bits per heavy atom. The van der Waals surface area contributed by atoms with Crippen molar-refractivity contribution in [2.75, 3.05) is 13.1 Å². The summed E-state index contributed by atoms with van der Waals surface area (Å²) in [5.41, 5.74) is 2.49. The molecule has 2 fully saturated rings. The standard InChI is InChI=1S/C15H18B2BrNO/c1-10-11(3-2-4-14(10)18)8-20-13-5-12-7-19(17)9-15(12,16)6-13/h2-4,12-13H,5-9H2,1H3. The van der Waals surface area contributed by atoms with E-state index in [0.29, 0.717) is 12.5 Å². The van der Waals surface area contributed by atoms with Gasteiger partial charge < -0.3 is 9.55 Å². The van der Waals surface area contributed by atoms with Crippen LogP contribution in [0.15, 0.2) is 22.7 Å². The SMILES string of the molecule is [B]N1CC2CC(OCc3cccc(Br)c3C)CC2([B])C1. The molecule has 1 heterocycles. The van der Waals surface area contributed by atoms with Crippen LogP contribution in [0.4, 0.5) is 0 Å². The van der Waals surface area contributed by atoms with Gasteiger partial charge in [-0.25, -0.2) is 0 Å². The second kappa shape index (κ2) is 5.51. The molecule has 0 N–H and O–H groups in total. The molecule has 1 aliphatic heterocycles. The topological polar surface area (TPSA) is 12.5 Å². The number of hydrogen-bond donors (Lipinski definition) is 0. The van der Waals surface area contributed by atoms with Gasteiger partial charge in [-0.15, -0.1) is 0 Å². The molecule has 3 rings (SSSR count). The summed E-state index contributed by atoms with van der Waals surface area (Å²) in [7, 11) is 12.3. The van der Waals surface area contributed by atoms with Crippen molar-refractivity contribution in [1.29, 1.82) is 0 Å². The minimum absolute atomic E-state index is 0.147. The van der Waals surface area contributed by atoms with E-state index < -0.39 is 0 Å². The van der Waals surface area contributed by atoms with E-state index in [1.165, 1.54) is 11.1 Å². The van der Waals surface area contributed by atoms with E-state index in [9.17, 15) is 0 Å². The van der Waals surface area contributed by atoms with E-state index in [0.717, 1.165) is 30.4 Å². The van der Waals surface area contributed by atoms with E-state index in [2.05, 4.69) is 41.1 Å². The van der Waals surface area contributed by atoms with Crippen molar-refractivity contribution < 1.29 is 4.74 Å². The van der Waals surface area contributed by atoms with E-state index >= 15 is 0 Å². The third-order valence-corrected chi connectivity index (χ3v) is 5.63. The lowest BCUT2D eigenvalue weighted by Gasteiger charge is -2.24. The highest BCUT2D eigenvalue weighted by atomic mass is 79.9. The summed E-state index contributed by atoms with van der Waals surface area (Å²) >= 11 is 3.56. The Morgan fingerprint density at radius 2 is 2.30 bits per heavy atom. The van der Waals surface area contributed by atoms with E-state index in [1.54, 1.807) is 0 Å². The van der Waals surface area contributed by atoms with Gasteiger partial charge >= 0.3 is 0 Å². The molecule has 3 atom stereocenters. The van der Waals surface area contributed by atoms with Crippen molar-refractivity contribution in [3.63, 3.8) is 0 Å². The highest BCUT2D eigenvalue weighted by molar-refractivity contribution is 9.10. The Balaban J connectivity index is 1.60. The van der Waals surface area contributed by atoms with Crippen LogP contribution >= 0.6 is 15.9 Å². The zero-order valence-electron chi connectivity index (χ0n) is 11.8. The molecule has 0 spiro atoms. The van der Waals surface area contributed by atoms with Gasteiger partial charge in [0.1, 0.15) is 0 Å². The highest BCUT2D eigenvalue weighted by Gasteiger charge is 2.48. The van der Waals surface area contributed by atoms with Crippen LogP contribution in [0.3, 0.4) is 0 Å². The minimum atomic E-state index is -0.147. The van der Waals surface area contributed by atoms with Gasteiger partial charge in [0, 0.05) is 4.47 Å². The van der Waals surface area contributed by atoms with Crippen molar-refractivity contribution in [1.82, 2.24) is 4.81 Å². The molecule has 2 nitrogen and oxygen atoms in total. The Hall–Kier alpha value is -0.250. The van der Waals surface area contributed by atoms with E-state index in [4.69, 9.17) is 20.6 Å². The molecule has 0 bridgehead atoms. The molecular weight excluding hydrogens is 312 g/mol. The van der Waals surface area contributed by atoms with Crippen LogP contribution in [0.1, 0.15) is 24.0 Å². The Morgan fingerprint density at radius 1 is 1.50 bits per heavy atom. The minimum Gasteiger partial charge on any atom is -0.374 e. The summed E-state index contributed by atoms with van der Waals surface area (Å²) in [5.74, 6) is 0.473. The van der Waals surface area contributed by atoms with Crippen LogP contribution in [0, 0.1) is 12.8 Å². The molecule has 3 unspecified atom stereocenters. The normalized spacial score (nSPS) is 33.5. The molecule has 20 heavy (non-hydrogen) atoms. The molecule has 5 heteroatoms. The Kier molecular flexibility index (Phi) is 4.04. The first-order valence-corrected chi connectivity index (χ1v) is 7.91. The third kappa shape index (κ3) is 2.72. The van der Waals surface area contributed by atoms with Gasteiger partial charge in [0.2, 0.25) is 0 Å². The first-order chi connectivity index (χ1) is 9.48. The quantitative estimate of drug-likeness (QED) is 0.791. The third-order valence-electron chi connectivity index (χ3n) is 4.77. The fourth-order valence-corrected chi connectivity index (χ4v) is 3.95. The molecule has 4 radical (unpaired) electrons. The average molecular weight is 330 g/mol. The lowest BCUT2D eigenvalue weighted by molar-refractivity contribution is 0.0394. The fourth-order valence-electron chi connectivity index (χ4n) is 3.54. The largest absolute Gasteiger partial charge is 0.374 e. The highest BCUT2D eigenvalue weighted by Crippen LogP contribution is 2.52. The van der Waals surface area contributed by atoms with Crippen molar-refractivity contribution in [3.05, 3.63) is 33.8 Å². The smallest absolute Gasteiger partial charge is 0.182 e. The summed E-state index contributed by atoms with van der Waals surface area (Å²) in [4.78, 5) is 1.85. The Bertz CT molecular complexity index is 513. The molecule has 2 aliphatic rings. The second-order valence-corrected chi connectivity index (χ2v) is 7.11. The number of fused-ring (bicyclic) bond motifs is 1. The second-order valence-electron chi connectivity index (χ2n) is 6.26. The zero-order chi connectivity index (χ0) is 14.3. The van der Waals surface area contributed by atoms with Crippen molar-refractivity contribution in [2.24, 2.45) is 5.92 Å². The lowest BCUT2D eigenvalue weighted by atomic mass is 9.64. The number of halogens is 1. The maximum atomic E-state index is 6.46. The van der Waals surface area contributed by atoms with E-state index in [-0.39, 0.29) is 11.4 Å². The van der Waals surface area contributed by atoms with Gasteiger partial charge in [0.25, 0.3) is 0 Å². The average Bonchev–Trinajstić information content (AvgIpc) is 2.81. The molecule has 1 saturated carbocycles. The number of rotatable bonds is 3. The predicted molar refractivity (Wildman–Crippen MR) is 86.0 cm³/mol. The maximum Gasteiger partial charge on any atom is 0.182 e. The predicted octanol–water partition coefficient (Wildman–Crippen LogP) is 2.78. The van der Waals surface area contributed by atoms with Gasteiger partial charge in [-0.1, -0.05) is 28.1 Å². The summed E-state index contributed by atoms with van der Waals surface area (Å²) < 4.78 is 7.24. The van der Waals surface area contributed by atoms with Crippen LogP contribution in [-0.2, 0) is 11.3 Å². The molecule has 0 amide bonds. The van der Waals surface area contributed by atoms with Gasteiger partial charge in [0.15, 0.2) is 7.98 Å². The van der Waals surface area contributed by atoms with Crippen molar-refractivity contribution >= 4 is 31.8 Å². The maximum absolute atomic E-state index is 6.46. The number of benzene rings is 1. The number of ether oxygens (including phenoxy) is 1. The Labute approximate surface area is 132 Å². The van der Waals surface area contributed by atoms with Gasteiger partial charge in [0.05, 0.1) is 20.6 Å². The molecule has 0 aromatic heterocycles. The van der Waals surface area contributed by atoms with Crippen LogP contribution in [0.25, 0.3) is 0 Å². The van der Waals surface area contributed by atoms with Gasteiger partial charge in [-0.2, -0.15) is 0 Å².